The molecular formula is C14H18F2N2O4. The Morgan fingerprint density at radius 3 is 3.00 bits per heavy atom. The van der Waals surface area contributed by atoms with Gasteiger partial charge < -0.3 is 19.5 Å². The van der Waals surface area contributed by atoms with Gasteiger partial charge in [0.05, 0.1) is 6.54 Å². The van der Waals surface area contributed by atoms with Crippen molar-refractivity contribution in [1.29, 1.82) is 0 Å². The molecule has 1 aliphatic heterocycles. The lowest BCUT2D eigenvalue weighted by atomic mass is 10.0. The van der Waals surface area contributed by atoms with Gasteiger partial charge in [-0.25, -0.2) is 18.6 Å². The van der Waals surface area contributed by atoms with Crippen molar-refractivity contribution in [2.24, 2.45) is 0 Å². The summed E-state index contributed by atoms with van der Waals surface area (Å²) in [6, 6.07) is 2.83. The molecule has 0 radical (unpaired) electrons. The molecule has 1 N–H and O–H groups in total. The van der Waals surface area contributed by atoms with E-state index in [-0.39, 0.29) is 30.3 Å². The molecule has 22 heavy (non-hydrogen) atoms. The van der Waals surface area contributed by atoms with Gasteiger partial charge in [0.25, 0.3) is 6.43 Å². The summed E-state index contributed by atoms with van der Waals surface area (Å²) in [5.74, 6) is 0.473. The van der Waals surface area contributed by atoms with E-state index in [4.69, 9.17) is 14.6 Å². The number of alkyl halides is 2. The van der Waals surface area contributed by atoms with Crippen molar-refractivity contribution in [1.82, 2.24) is 9.88 Å². The maximum Gasteiger partial charge on any atom is 0.407 e. The van der Waals surface area contributed by atoms with Gasteiger partial charge in [0, 0.05) is 18.3 Å². The predicted molar refractivity (Wildman–Crippen MR) is 73.6 cm³/mol. The fourth-order valence-electron chi connectivity index (χ4n) is 2.31. The number of likely N-dealkylation sites (tertiary alicyclic amines) is 1. The maximum absolute atomic E-state index is 12.1. The molecule has 0 bridgehead atoms. The smallest absolute Gasteiger partial charge is 0.407 e. The molecule has 0 saturated carbocycles. The quantitative estimate of drug-likeness (QED) is 0.904. The van der Waals surface area contributed by atoms with Crippen molar-refractivity contribution >= 4 is 6.09 Å². The van der Waals surface area contributed by atoms with Gasteiger partial charge in [0.1, 0.15) is 18.5 Å². The number of carboxylic acid groups (broad SMARTS) is 1. The second-order valence-electron chi connectivity index (χ2n) is 5.13. The van der Waals surface area contributed by atoms with Gasteiger partial charge >= 0.3 is 6.09 Å². The van der Waals surface area contributed by atoms with Crippen LogP contribution < -0.4 is 9.47 Å². The van der Waals surface area contributed by atoms with Crippen LogP contribution in [-0.4, -0.2) is 52.8 Å². The summed E-state index contributed by atoms with van der Waals surface area (Å²) in [6.45, 7) is 1.40. The molecule has 2 atom stereocenters. The van der Waals surface area contributed by atoms with Gasteiger partial charge in [-0.15, -0.1) is 0 Å². The number of amides is 1. The highest BCUT2D eigenvalue weighted by atomic mass is 19.3. The minimum Gasteiger partial charge on any atom is -0.487 e. The monoisotopic (exact) mass is 316 g/mol. The Kier molecular flexibility index (Phi) is 5.35. The van der Waals surface area contributed by atoms with E-state index in [9.17, 15) is 13.6 Å². The van der Waals surface area contributed by atoms with Gasteiger partial charge in [-0.2, -0.15) is 0 Å². The molecule has 1 aliphatic rings. The molecule has 122 valence electrons. The van der Waals surface area contributed by atoms with Crippen LogP contribution in [0.4, 0.5) is 13.6 Å². The van der Waals surface area contributed by atoms with Gasteiger partial charge in [-0.3, -0.25) is 0 Å². The molecule has 8 heteroatoms. The summed E-state index contributed by atoms with van der Waals surface area (Å²) in [5.41, 5.74) is 0. The van der Waals surface area contributed by atoms with E-state index in [1.54, 1.807) is 0 Å². The van der Waals surface area contributed by atoms with Gasteiger partial charge in [0.2, 0.25) is 5.88 Å². The van der Waals surface area contributed by atoms with Gasteiger partial charge in [0.15, 0.2) is 0 Å². The second kappa shape index (κ2) is 7.24. The van der Waals surface area contributed by atoms with E-state index in [1.807, 2.05) is 6.92 Å². The Bertz CT molecular complexity index is 515. The fraction of sp³-hybridized carbons (Fsp3) is 0.571. The maximum atomic E-state index is 12.1. The standard InChI is InChI=1S/C14H18F2N2O4/c1-9-2-3-11(7-18(9)14(19)20)22-13-6-10(4-5-17-13)21-8-12(15)16/h4-6,9,11-12H,2-3,7-8H2,1H3,(H,19,20). The lowest BCUT2D eigenvalue weighted by Gasteiger charge is -2.35. The predicted octanol–water partition coefficient (Wildman–Crippen LogP) is 2.64. The number of halogens is 2. The normalized spacial score (nSPS) is 21.7. The summed E-state index contributed by atoms with van der Waals surface area (Å²) in [6.07, 6.45) is -1.06. The highest BCUT2D eigenvalue weighted by molar-refractivity contribution is 5.65. The Labute approximate surface area is 126 Å². The number of pyridine rings is 1. The Balaban J connectivity index is 1.95. The van der Waals surface area contributed by atoms with E-state index in [2.05, 4.69) is 4.98 Å². The Morgan fingerprint density at radius 1 is 1.55 bits per heavy atom. The van der Waals surface area contributed by atoms with Crippen LogP contribution in [0.25, 0.3) is 0 Å². The second-order valence-corrected chi connectivity index (χ2v) is 5.13. The van der Waals surface area contributed by atoms with Gasteiger partial charge in [-0.1, -0.05) is 0 Å². The van der Waals surface area contributed by atoms with E-state index < -0.39 is 19.1 Å². The third kappa shape index (κ3) is 4.44. The summed E-state index contributed by atoms with van der Waals surface area (Å²) < 4.78 is 34.8. The first kappa shape index (κ1) is 16.3. The summed E-state index contributed by atoms with van der Waals surface area (Å²) >= 11 is 0. The number of ether oxygens (including phenoxy) is 2. The number of hydrogen-bond acceptors (Lipinski definition) is 4. The zero-order valence-electron chi connectivity index (χ0n) is 12.1. The van der Waals surface area contributed by atoms with Crippen LogP contribution in [0.2, 0.25) is 0 Å². The molecular weight excluding hydrogens is 298 g/mol. The fourth-order valence-corrected chi connectivity index (χ4v) is 2.31. The highest BCUT2D eigenvalue weighted by Crippen LogP contribution is 2.23. The summed E-state index contributed by atoms with van der Waals surface area (Å²) in [4.78, 5) is 16.4. The lowest BCUT2D eigenvalue weighted by molar-refractivity contribution is 0.0515. The number of nitrogens with zero attached hydrogens (tertiary/aromatic N) is 2. The molecule has 2 unspecified atom stereocenters. The van der Waals surface area contributed by atoms with Gasteiger partial charge in [-0.05, 0) is 25.8 Å². The molecule has 2 heterocycles. The first-order valence-electron chi connectivity index (χ1n) is 6.99. The van der Waals surface area contributed by atoms with Crippen molar-refractivity contribution in [3.8, 4) is 11.6 Å². The Morgan fingerprint density at radius 2 is 2.32 bits per heavy atom. The van der Waals surface area contributed by atoms with Crippen LogP contribution in [0.5, 0.6) is 11.6 Å². The average Bonchev–Trinajstić information content (AvgIpc) is 2.47. The minimum atomic E-state index is -2.55. The topological polar surface area (TPSA) is 71.9 Å². The summed E-state index contributed by atoms with van der Waals surface area (Å²) in [7, 11) is 0. The van der Waals surface area contributed by atoms with Crippen molar-refractivity contribution < 1.29 is 28.2 Å². The van der Waals surface area contributed by atoms with Crippen LogP contribution in [0.15, 0.2) is 18.3 Å². The lowest BCUT2D eigenvalue weighted by Crippen LogP contribution is -2.48. The number of rotatable bonds is 5. The highest BCUT2D eigenvalue weighted by Gasteiger charge is 2.30. The molecule has 0 aliphatic carbocycles. The third-order valence-electron chi connectivity index (χ3n) is 3.45. The molecule has 1 saturated heterocycles. The van der Waals surface area contributed by atoms with E-state index in [0.717, 1.165) is 0 Å². The summed E-state index contributed by atoms with van der Waals surface area (Å²) in [5, 5.41) is 9.12. The van der Waals surface area contributed by atoms with Crippen molar-refractivity contribution in [2.45, 2.75) is 38.3 Å². The number of aromatic nitrogens is 1. The first-order valence-corrected chi connectivity index (χ1v) is 6.99. The van der Waals surface area contributed by atoms with Crippen molar-refractivity contribution in [3.63, 3.8) is 0 Å². The Hall–Kier alpha value is -2.12. The van der Waals surface area contributed by atoms with Crippen molar-refractivity contribution in [2.75, 3.05) is 13.2 Å². The van der Waals surface area contributed by atoms with E-state index in [0.29, 0.717) is 12.8 Å². The average molecular weight is 316 g/mol. The zero-order chi connectivity index (χ0) is 16.1. The van der Waals surface area contributed by atoms with Crippen LogP contribution in [0.3, 0.4) is 0 Å². The third-order valence-corrected chi connectivity index (χ3v) is 3.45. The number of piperidine rings is 1. The van der Waals surface area contributed by atoms with Crippen LogP contribution >= 0.6 is 0 Å². The molecule has 6 nitrogen and oxygen atoms in total. The van der Waals surface area contributed by atoms with E-state index in [1.165, 1.54) is 23.2 Å². The van der Waals surface area contributed by atoms with Crippen molar-refractivity contribution in [3.05, 3.63) is 18.3 Å². The van der Waals surface area contributed by atoms with Crippen LogP contribution in [-0.2, 0) is 0 Å². The minimum absolute atomic E-state index is 0.0500. The number of hydrogen-bond donors (Lipinski definition) is 1. The molecule has 2 rings (SSSR count). The SMILES string of the molecule is CC1CCC(Oc2cc(OCC(F)F)ccn2)CN1C(=O)O. The molecule has 0 aromatic carbocycles. The molecule has 1 amide bonds. The number of carbonyl (C=O) groups is 1. The largest absolute Gasteiger partial charge is 0.487 e. The first-order chi connectivity index (χ1) is 10.5. The molecule has 1 fully saturated rings. The molecule has 1 aromatic heterocycles. The molecule has 0 spiro atoms. The van der Waals surface area contributed by atoms with Crippen LogP contribution in [0.1, 0.15) is 19.8 Å². The molecule has 1 aromatic rings. The van der Waals surface area contributed by atoms with E-state index >= 15 is 0 Å². The zero-order valence-corrected chi connectivity index (χ0v) is 12.1. The van der Waals surface area contributed by atoms with Crippen LogP contribution in [0, 0.1) is 0 Å².